The summed E-state index contributed by atoms with van der Waals surface area (Å²) in [5.41, 5.74) is 0.908. The Labute approximate surface area is 146 Å². The van der Waals surface area contributed by atoms with Crippen molar-refractivity contribution in [3.63, 3.8) is 0 Å². The molecule has 4 rings (SSSR count). The zero-order chi connectivity index (χ0) is 17.1. The van der Waals surface area contributed by atoms with Crippen molar-refractivity contribution in [2.75, 3.05) is 26.2 Å². The number of hydrogen-bond acceptors (Lipinski definition) is 5. The van der Waals surface area contributed by atoms with Crippen molar-refractivity contribution in [3.05, 3.63) is 36.2 Å². The molecule has 1 N–H and O–H groups in total. The van der Waals surface area contributed by atoms with Gasteiger partial charge in [0.05, 0.1) is 6.10 Å². The maximum atomic E-state index is 12.3. The predicted octanol–water partition coefficient (Wildman–Crippen LogP) is 2.41. The van der Waals surface area contributed by atoms with Crippen LogP contribution in [-0.2, 0) is 4.74 Å². The van der Waals surface area contributed by atoms with Crippen molar-refractivity contribution >= 4 is 6.03 Å². The van der Waals surface area contributed by atoms with Crippen LogP contribution < -0.4 is 5.32 Å². The topological polar surface area (TPSA) is 80.5 Å². The quantitative estimate of drug-likeness (QED) is 0.923. The van der Waals surface area contributed by atoms with Gasteiger partial charge in [0.2, 0.25) is 0 Å². The summed E-state index contributed by atoms with van der Waals surface area (Å²) in [5.74, 6) is 1.32. The minimum Gasteiger partial charge on any atom is -0.376 e. The number of urea groups is 1. The summed E-state index contributed by atoms with van der Waals surface area (Å²) in [6, 6.07) is 9.67. The zero-order valence-corrected chi connectivity index (χ0v) is 14.1. The summed E-state index contributed by atoms with van der Waals surface area (Å²) in [6.07, 6.45) is 3.11. The minimum absolute atomic E-state index is 0.0372. The molecule has 0 bridgehead atoms. The van der Waals surface area contributed by atoms with Crippen molar-refractivity contribution < 1.29 is 14.1 Å². The lowest BCUT2D eigenvalue weighted by atomic mass is 10.1. The Morgan fingerprint density at radius 2 is 2.16 bits per heavy atom. The fraction of sp³-hybridized carbons (Fsp3) is 0.500. The van der Waals surface area contributed by atoms with Gasteiger partial charge in [0.25, 0.3) is 5.89 Å². The van der Waals surface area contributed by atoms with Gasteiger partial charge in [0.15, 0.2) is 5.82 Å². The van der Waals surface area contributed by atoms with Crippen molar-refractivity contribution in [2.45, 2.75) is 31.3 Å². The molecule has 0 aliphatic carbocycles. The van der Waals surface area contributed by atoms with Gasteiger partial charge in [-0.2, -0.15) is 4.98 Å². The van der Waals surface area contributed by atoms with E-state index in [-0.39, 0.29) is 18.1 Å². The highest BCUT2D eigenvalue weighted by Gasteiger charge is 2.31. The number of aromatic nitrogens is 2. The van der Waals surface area contributed by atoms with Gasteiger partial charge in [-0.25, -0.2) is 4.79 Å². The van der Waals surface area contributed by atoms with E-state index in [0.29, 0.717) is 31.3 Å². The van der Waals surface area contributed by atoms with Crippen molar-refractivity contribution in [2.24, 2.45) is 0 Å². The molecule has 132 valence electrons. The fourth-order valence-electron chi connectivity index (χ4n) is 3.37. The van der Waals surface area contributed by atoms with Crippen LogP contribution in [0.5, 0.6) is 0 Å². The van der Waals surface area contributed by atoms with Crippen LogP contribution in [0.4, 0.5) is 4.79 Å². The molecule has 25 heavy (non-hydrogen) atoms. The largest absolute Gasteiger partial charge is 0.376 e. The lowest BCUT2D eigenvalue weighted by molar-refractivity contribution is 0.109. The molecule has 2 aliphatic rings. The summed E-state index contributed by atoms with van der Waals surface area (Å²) >= 11 is 0. The molecule has 7 nitrogen and oxygen atoms in total. The molecule has 2 aliphatic heterocycles. The Morgan fingerprint density at radius 1 is 1.28 bits per heavy atom. The molecule has 0 saturated carbocycles. The van der Waals surface area contributed by atoms with Gasteiger partial charge in [0, 0.05) is 37.7 Å². The van der Waals surface area contributed by atoms with E-state index in [2.05, 4.69) is 15.5 Å². The standard InChI is InChI=1S/C18H22N4O3/c23-18(19-11-15-7-4-10-24-15)22-9-8-14(12-22)16-20-17(25-21-16)13-5-2-1-3-6-13/h1-3,5-6,14-15H,4,7-12H2,(H,19,23)/t14-,15+/m1/s1. The van der Waals surface area contributed by atoms with E-state index in [9.17, 15) is 4.79 Å². The van der Waals surface area contributed by atoms with Gasteiger partial charge >= 0.3 is 6.03 Å². The Kier molecular flexibility index (Phi) is 4.65. The van der Waals surface area contributed by atoms with Crippen LogP contribution in [0.1, 0.15) is 31.0 Å². The molecule has 2 amide bonds. The highest BCUT2D eigenvalue weighted by atomic mass is 16.5. The summed E-state index contributed by atoms with van der Waals surface area (Å²) < 4.78 is 10.9. The van der Waals surface area contributed by atoms with E-state index < -0.39 is 0 Å². The van der Waals surface area contributed by atoms with Crippen molar-refractivity contribution in [3.8, 4) is 11.5 Å². The van der Waals surface area contributed by atoms with Crippen LogP contribution in [0.2, 0.25) is 0 Å². The van der Waals surface area contributed by atoms with Gasteiger partial charge in [-0.1, -0.05) is 23.4 Å². The molecule has 0 unspecified atom stereocenters. The lowest BCUT2D eigenvalue weighted by Gasteiger charge is -2.18. The minimum atomic E-state index is -0.0372. The van der Waals surface area contributed by atoms with E-state index in [0.717, 1.165) is 31.4 Å². The number of hydrogen-bond donors (Lipinski definition) is 1. The molecule has 2 fully saturated rings. The zero-order valence-electron chi connectivity index (χ0n) is 14.1. The Hall–Kier alpha value is -2.41. The maximum absolute atomic E-state index is 12.3. The van der Waals surface area contributed by atoms with E-state index >= 15 is 0 Å². The molecule has 0 spiro atoms. The van der Waals surface area contributed by atoms with Gasteiger partial charge < -0.3 is 19.5 Å². The molecule has 2 atom stereocenters. The number of rotatable bonds is 4. The first-order valence-electron chi connectivity index (χ1n) is 8.83. The summed E-state index contributed by atoms with van der Waals surface area (Å²) in [5, 5.41) is 7.08. The van der Waals surface area contributed by atoms with Gasteiger partial charge in [-0.05, 0) is 31.4 Å². The van der Waals surface area contributed by atoms with Crippen molar-refractivity contribution in [1.29, 1.82) is 0 Å². The van der Waals surface area contributed by atoms with Gasteiger partial charge in [-0.3, -0.25) is 0 Å². The number of nitrogens with zero attached hydrogens (tertiary/aromatic N) is 3. The Balaban J connectivity index is 1.33. The second kappa shape index (κ2) is 7.23. The van der Waals surface area contributed by atoms with Crippen LogP contribution in [0.3, 0.4) is 0 Å². The number of likely N-dealkylation sites (tertiary alicyclic amines) is 1. The second-order valence-corrected chi connectivity index (χ2v) is 6.58. The Morgan fingerprint density at radius 3 is 2.96 bits per heavy atom. The van der Waals surface area contributed by atoms with Crippen LogP contribution in [0.25, 0.3) is 11.5 Å². The van der Waals surface area contributed by atoms with Crippen LogP contribution in [-0.4, -0.2) is 53.4 Å². The molecular formula is C18H22N4O3. The van der Waals surface area contributed by atoms with E-state index in [4.69, 9.17) is 9.26 Å². The van der Waals surface area contributed by atoms with E-state index in [1.165, 1.54) is 0 Å². The average molecular weight is 342 g/mol. The van der Waals surface area contributed by atoms with Crippen LogP contribution >= 0.6 is 0 Å². The fourth-order valence-corrected chi connectivity index (χ4v) is 3.37. The highest BCUT2D eigenvalue weighted by Crippen LogP contribution is 2.27. The SMILES string of the molecule is O=C(NC[C@@H]1CCCO1)N1CC[C@@H](c2noc(-c3ccccc3)n2)C1. The first kappa shape index (κ1) is 16.1. The van der Waals surface area contributed by atoms with E-state index in [1.807, 2.05) is 35.2 Å². The van der Waals surface area contributed by atoms with Gasteiger partial charge in [0.1, 0.15) is 0 Å². The number of nitrogens with one attached hydrogen (secondary N) is 1. The molecule has 1 aromatic carbocycles. The summed E-state index contributed by atoms with van der Waals surface area (Å²) in [7, 11) is 0. The molecular weight excluding hydrogens is 320 g/mol. The lowest BCUT2D eigenvalue weighted by Crippen LogP contribution is -2.41. The molecule has 2 saturated heterocycles. The Bertz CT molecular complexity index is 712. The first-order valence-corrected chi connectivity index (χ1v) is 8.83. The van der Waals surface area contributed by atoms with Crippen molar-refractivity contribution in [1.82, 2.24) is 20.4 Å². The third-order valence-corrected chi connectivity index (χ3v) is 4.81. The number of ether oxygens (including phenoxy) is 1. The molecule has 3 heterocycles. The number of benzene rings is 1. The molecule has 7 heteroatoms. The third kappa shape index (κ3) is 3.66. The van der Waals surface area contributed by atoms with Crippen LogP contribution in [0.15, 0.2) is 34.9 Å². The number of carbonyl (C=O) groups excluding carboxylic acids is 1. The second-order valence-electron chi connectivity index (χ2n) is 6.58. The molecule has 1 aromatic heterocycles. The van der Waals surface area contributed by atoms with E-state index in [1.54, 1.807) is 0 Å². The third-order valence-electron chi connectivity index (χ3n) is 4.81. The first-order chi connectivity index (χ1) is 12.3. The highest BCUT2D eigenvalue weighted by molar-refractivity contribution is 5.74. The monoisotopic (exact) mass is 342 g/mol. The number of carbonyl (C=O) groups is 1. The van der Waals surface area contributed by atoms with Crippen LogP contribution in [0, 0.1) is 0 Å². The van der Waals surface area contributed by atoms with Gasteiger partial charge in [-0.15, -0.1) is 0 Å². The maximum Gasteiger partial charge on any atom is 0.317 e. The smallest absolute Gasteiger partial charge is 0.317 e. The molecule has 2 aromatic rings. The average Bonchev–Trinajstić information content (AvgIpc) is 3.41. The summed E-state index contributed by atoms with van der Waals surface area (Å²) in [4.78, 5) is 18.6. The molecule has 0 radical (unpaired) electrons. The normalized spacial score (nSPS) is 23.1. The summed E-state index contributed by atoms with van der Waals surface area (Å²) in [6.45, 7) is 2.70. The predicted molar refractivity (Wildman–Crippen MR) is 91.0 cm³/mol. The number of amides is 2.